The first-order chi connectivity index (χ1) is 10.1. The molecule has 21 heavy (non-hydrogen) atoms. The molecule has 1 saturated heterocycles. The van der Waals surface area contributed by atoms with Gasteiger partial charge in [-0.3, -0.25) is 9.69 Å². The zero-order valence-electron chi connectivity index (χ0n) is 12.8. The van der Waals surface area contributed by atoms with Crippen LogP contribution in [0.4, 0.5) is 4.39 Å². The predicted molar refractivity (Wildman–Crippen MR) is 81.5 cm³/mol. The fourth-order valence-electron chi connectivity index (χ4n) is 2.54. The van der Waals surface area contributed by atoms with E-state index in [4.69, 9.17) is 0 Å². The van der Waals surface area contributed by atoms with Gasteiger partial charge >= 0.3 is 0 Å². The maximum Gasteiger partial charge on any atom is 0.236 e. The van der Waals surface area contributed by atoms with Crippen LogP contribution in [-0.4, -0.2) is 55.5 Å². The van der Waals surface area contributed by atoms with E-state index in [1.165, 1.54) is 12.1 Å². The molecule has 2 rings (SSSR count). The third kappa shape index (κ3) is 4.51. The minimum absolute atomic E-state index is 0.0526. The average Bonchev–Trinajstić information content (AvgIpc) is 2.75. The van der Waals surface area contributed by atoms with E-state index in [9.17, 15) is 9.18 Å². The highest BCUT2D eigenvalue weighted by Gasteiger charge is 2.20. The van der Waals surface area contributed by atoms with Crippen molar-refractivity contribution in [3.63, 3.8) is 0 Å². The van der Waals surface area contributed by atoms with Gasteiger partial charge in [0.1, 0.15) is 5.82 Å². The number of likely N-dealkylation sites (N-methyl/N-ethyl adjacent to an activating group) is 1. The molecule has 0 aliphatic carbocycles. The number of hydrogen-bond donors (Lipinski definition) is 1. The standard InChI is InChI=1S/C16H24FN3O/c1-13(14-4-6-15(17)7-5-14)19(2)16(21)12-20-10-3-8-18-9-11-20/h4-7,13,18H,3,8-12H2,1-2H3. The summed E-state index contributed by atoms with van der Waals surface area (Å²) in [5, 5.41) is 3.33. The zero-order valence-corrected chi connectivity index (χ0v) is 12.8. The largest absolute Gasteiger partial charge is 0.338 e. The molecule has 0 bridgehead atoms. The third-order valence-corrected chi connectivity index (χ3v) is 4.12. The summed E-state index contributed by atoms with van der Waals surface area (Å²) >= 11 is 0. The van der Waals surface area contributed by atoms with Gasteiger partial charge in [0.2, 0.25) is 5.91 Å². The molecule has 0 aromatic heterocycles. The smallest absolute Gasteiger partial charge is 0.236 e. The molecule has 1 atom stereocenters. The van der Waals surface area contributed by atoms with Gasteiger partial charge in [0, 0.05) is 20.1 Å². The highest BCUT2D eigenvalue weighted by Crippen LogP contribution is 2.19. The Hall–Kier alpha value is -1.46. The van der Waals surface area contributed by atoms with Crippen LogP contribution < -0.4 is 5.32 Å². The minimum Gasteiger partial charge on any atom is -0.338 e. The molecular formula is C16H24FN3O. The highest BCUT2D eigenvalue weighted by molar-refractivity contribution is 5.78. The van der Waals surface area contributed by atoms with E-state index in [2.05, 4.69) is 10.2 Å². The Balaban J connectivity index is 1.92. The minimum atomic E-state index is -0.253. The van der Waals surface area contributed by atoms with Crippen LogP contribution in [0.5, 0.6) is 0 Å². The number of halogens is 1. The summed E-state index contributed by atoms with van der Waals surface area (Å²) in [5.74, 6) is -0.147. The van der Waals surface area contributed by atoms with Gasteiger partial charge < -0.3 is 10.2 Å². The van der Waals surface area contributed by atoms with Crippen molar-refractivity contribution in [2.45, 2.75) is 19.4 Å². The molecule has 5 heteroatoms. The van der Waals surface area contributed by atoms with Gasteiger partial charge in [-0.15, -0.1) is 0 Å². The number of nitrogens with one attached hydrogen (secondary N) is 1. The zero-order chi connectivity index (χ0) is 15.2. The molecule has 0 spiro atoms. The van der Waals surface area contributed by atoms with Crippen molar-refractivity contribution >= 4 is 5.91 Å². The fraction of sp³-hybridized carbons (Fsp3) is 0.562. The van der Waals surface area contributed by atoms with Gasteiger partial charge in [-0.1, -0.05) is 12.1 Å². The molecule has 1 aromatic rings. The lowest BCUT2D eigenvalue weighted by Gasteiger charge is -2.28. The molecule has 116 valence electrons. The maximum atomic E-state index is 13.0. The number of nitrogens with zero attached hydrogens (tertiary/aromatic N) is 2. The predicted octanol–water partition coefficient (Wildman–Crippen LogP) is 1.64. The van der Waals surface area contributed by atoms with E-state index < -0.39 is 0 Å². The van der Waals surface area contributed by atoms with Crippen LogP contribution in [-0.2, 0) is 4.79 Å². The van der Waals surface area contributed by atoms with Gasteiger partial charge in [-0.05, 0) is 44.1 Å². The Bertz CT molecular complexity index is 455. The highest BCUT2D eigenvalue weighted by atomic mass is 19.1. The molecule has 1 aliphatic rings. The number of hydrogen-bond acceptors (Lipinski definition) is 3. The fourth-order valence-corrected chi connectivity index (χ4v) is 2.54. The number of amides is 1. The second kappa shape index (κ2) is 7.52. The Morgan fingerprint density at radius 3 is 2.76 bits per heavy atom. The molecule has 1 aromatic carbocycles. The van der Waals surface area contributed by atoms with Gasteiger partial charge in [-0.25, -0.2) is 4.39 Å². The van der Waals surface area contributed by atoms with Crippen LogP contribution in [0, 0.1) is 5.82 Å². The van der Waals surface area contributed by atoms with Gasteiger partial charge in [-0.2, -0.15) is 0 Å². The Kier molecular flexibility index (Phi) is 5.70. The summed E-state index contributed by atoms with van der Waals surface area (Å²) in [7, 11) is 1.81. The second-order valence-corrected chi connectivity index (χ2v) is 5.61. The van der Waals surface area contributed by atoms with Crippen LogP contribution >= 0.6 is 0 Å². The summed E-state index contributed by atoms with van der Waals surface area (Å²) in [6.45, 7) is 6.23. The second-order valence-electron chi connectivity index (χ2n) is 5.61. The van der Waals surface area contributed by atoms with Crippen LogP contribution in [0.3, 0.4) is 0 Å². The lowest BCUT2D eigenvalue weighted by Crippen LogP contribution is -2.40. The normalized spacial score (nSPS) is 18.0. The van der Waals surface area contributed by atoms with Crippen molar-refractivity contribution in [2.75, 3.05) is 39.8 Å². The van der Waals surface area contributed by atoms with E-state index in [0.717, 1.165) is 38.2 Å². The van der Waals surface area contributed by atoms with Crippen LogP contribution in [0.2, 0.25) is 0 Å². The molecule has 1 amide bonds. The molecule has 4 nitrogen and oxygen atoms in total. The molecular weight excluding hydrogens is 269 g/mol. The monoisotopic (exact) mass is 293 g/mol. The van der Waals surface area contributed by atoms with Crippen molar-refractivity contribution in [3.05, 3.63) is 35.6 Å². The van der Waals surface area contributed by atoms with E-state index >= 15 is 0 Å². The summed E-state index contributed by atoms with van der Waals surface area (Å²) in [6.07, 6.45) is 1.07. The summed E-state index contributed by atoms with van der Waals surface area (Å²) < 4.78 is 13.0. The van der Waals surface area contributed by atoms with E-state index in [0.29, 0.717) is 6.54 Å². The summed E-state index contributed by atoms with van der Waals surface area (Å²) in [6, 6.07) is 6.29. The first kappa shape index (κ1) is 15.9. The van der Waals surface area contributed by atoms with Crippen LogP contribution in [0.15, 0.2) is 24.3 Å². The third-order valence-electron chi connectivity index (χ3n) is 4.12. The molecule has 0 saturated carbocycles. The maximum absolute atomic E-state index is 13.0. The van der Waals surface area contributed by atoms with E-state index in [1.54, 1.807) is 17.0 Å². The van der Waals surface area contributed by atoms with Crippen molar-refractivity contribution in [2.24, 2.45) is 0 Å². The molecule has 1 N–H and O–H groups in total. The number of carbonyl (C=O) groups excluding carboxylic acids is 1. The topological polar surface area (TPSA) is 35.6 Å². The SMILES string of the molecule is CC(c1ccc(F)cc1)N(C)C(=O)CN1CCCNCC1. The number of rotatable bonds is 4. The Labute approximate surface area is 125 Å². The number of benzene rings is 1. The van der Waals surface area contributed by atoms with E-state index in [1.807, 2.05) is 14.0 Å². The first-order valence-electron chi connectivity index (χ1n) is 7.52. The van der Waals surface area contributed by atoms with Crippen molar-refractivity contribution < 1.29 is 9.18 Å². The molecule has 0 radical (unpaired) electrons. The quantitative estimate of drug-likeness (QED) is 0.917. The van der Waals surface area contributed by atoms with Crippen molar-refractivity contribution in [3.8, 4) is 0 Å². The lowest BCUT2D eigenvalue weighted by molar-refractivity contribution is -0.133. The summed E-state index contributed by atoms with van der Waals surface area (Å²) in [4.78, 5) is 16.3. The molecule has 1 heterocycles. The molecule has 1 fully saturated rings. The Morgan fingerprint density at radius 1 is 1.33 bits per heavy atom. The van der Waals surface area contributed by atoms with Crippen molar-refractivity contribution in [1.82, 2.24) is 15.1 Å². The summed E-state index contributed by atoms with van der Waals surface area (Å²) in [5.41, 5.74) is 0.949. The van der Waals surface area contributed by atoms with Crippen LogP contribution in [0.25, 0.3) is 0 Å². The van der Waals surface area contributed by atoms with Gasteiger partial charge in [0.05, 0.1) is 12.6 Å². The Morgan fingerprint density at radius 2 is 2.05 bits per heavy atom. The molecule has 1 unspecified atom stereocenters. The van der Waals surface area contributed by atoms with Gasteiger partial charge in [0.25, 0.3) is 0 Å². The average molecular weight is 293 g/mol. The first-order valence-corrected chi connectivity index (χ1v) is 7.52. The number of carbonyl (C=O) groups is 1. The molecule has 1 aliphatic heterocycles. The van der Waals surface area contributed by atoms with Crippen LogP contribution in [0.1, 0.15) is 24.9 Å². The van der Waals surface area contributed by atoms with E-state index in [-0.39, 0.29) is 17.8 Å². The lowest BCUT2D eigenvalue weighted by atomic mass is 10.1. The van der Waals surface area contributed by atoms with Crippen molar-refractivity contribution in [1.29, 1.82) is 0 Å². The van der Waals surface area contributed by atoms with Gasteiger partial charge in [0.15, 0.2) is 0 Å².